The molecule has 5 nitrogen and oxygen atoms in total. The molecule has 0 radical (unpaired) electrons. The van der Waals surface area contributed by atoms with Gasteiger partial charge in [0.15, 0.2) is 11.6 Å². The molecule has 2 aromatic rings. The summed E-state index contributed by atoms with van der Waals surface area (Å²) in [5.41, 5.74) is 4.72. The van der Waals surface area contributed by atoms with Crippen LogP contribution in [0.25, 0.3) is 0 Å². The van der Waals surface area contributed by atoms with Gasteiger partial charge in [-0.2, -0.15) is 5.10 Å². The van der Waals surface area contributed by atoms with Gasteiger partial charge < -0.3 is 9.64 Å². The maximum absolute atomic E-state index is 11.2. The Morgan fingerprint density at radius 1 is 1.18 bits per heavy atom. The molecule has 0 aromatic heterocycles. The molecule has 1 heterocycles. The van der Waals surface area contributed by atoms with Gasteiger partial charge in [0.2, 0.25) is 0 Å². The summed E-state index contributed by atoms with van der Waals surface area (Å²) >= 11 is 0. The van der Waals surface area contributed by atoms with Gasteiger partial charge in [-0.25, -0.2) is 0 Å². The minimum absolute atomic E-state index is 0.0474. The van der Waals surface area contributed by atoms with Crippen molar-refractivity contribution >= 4 is 17.3 Å². The highest BCUT2D eigenvalue weighted by atomic mass is 16.5. The van der Waals surface area contributed by atoms with Crippen molar-refractivity contribution in [2.24, 2.45) is 5.10 Å². The fourth-order valence-corrected chi connectivity index (χ4v) is 2.24. The average Bonchev–Trinajstić information content (AvgIpc) is 3.02. The van der Waals surface area contributed by atoms with Gasteiger partial charge in [-0.15, -0.1) is 0 Å². The van der Waals surface area contributed by atoms with Crippen LogP contribution in [0.15, 0.2) is 59.7 Å². The molecule has 1 aliphatic heterocycles. The molecular formula is C17H17N3O2. The summed E-state index contributed by atoms with van der Waals surface area (Å²) in [5, 5.41) is 4.27. The van der Waals surface area contributed by atoms with Crippen LogP contribution in [0.5, 0.6) is 5.75 Å². The van der Waals surface area contributed by atoms with Crippen molar-refractivity contribution in [1.82, 2.24) is 5.43 Å². The molecule has 22 heavy (non-hydrogen) atoms. The average molecular weight is 295 g/mol. The van der Waals surface area contributed by atoms with Crippen molar-refractivity contribution in [3.05, 3.63) is 60.2 Å². The lowest BCUT2D eigenvalue weighted by Gasteiger charge is -2.19. The van der Waals surface area contributed by atoms with Gasteiger partial charge in [-0.1, -0.05) is 18.2 Å². The fraction of sp³-hybridized carbons (Fsp3) is 0.176. The smallest absolute Gasteiger partial charge is 0.168 e. The number of rotatable bonds is 5. The SMILES string of the molecule is CC(=O)c1ccc(OCC2=NNCN2c2ccccc2)cc1. The Hall–Kier alpha value is -2.82. The molecule has 0 saturated heterocycles. The van der Waals surface area contributed by atoms with Crippen LogP contribution in [0.4, 0.5) is 5.69 Å². The number of carbonyl (C=O) groups is 1. The Morgan fingerprint density at radius 3 is 2.59 bits per heavy atom. The van der Waals surface area contributed by atoms with E-state index in [-0.39, 0.29) is 5.78 Å². The lowest BCUT2D eigenvalue weighted by atomic mass is 10.1. The number of para-hydroxylation sites is 1. The number of nitrogens with zero attached hydrogens (tertiary/aromatic N) is 2. The third kappa shape index (κ3) is 3.09. The van der Waals surface area contributed by atoms with E-state index in [0.29, 0.717) is 24.6 Å². The maximum atomic E-state index is 11.2. The number of amidine groups is 1. The van der Waals surface area contributed by atoms with Crippen molar-refractivity contribution in [3.63, 3.8) is 0 Å². The van der Waals surface area contributed by atoms with Gasteiger partial charge in [0, 0.05) is 11.3 Å². The second kappa shape index (κ2) is 6.30. The first-order valence-corrected chi connectivity index (χ1v) is 7.10. The van der Waals surface area contributed by atoms with Gasteiger partial charge in [0.05, 0.1) is 0 Å². The number of carbonyl (C=O) groups excluding carboxylic acids is 1. The summed E-state index contributed by atoms with van der Waals surface area (Å²) in [6, 6.07) is 17.2. The molecular weight excluding hydrogens is 278 g/mol. The van der Waals surface area contributed by atoms with Gasteiger partial charge in [-0.3, -0.25) is 10.2 Å². The van der Waals surface area contributed by atoms with Crippen molar-refractivity contribution in [1.29, 1.82) is 0 Å². The first-order chi connectivity index (χ1) is 10.7. The van der Waals surface area contributed by atoms with Crippen LogP contribution in [0.3, 0.4) is 0 Å². The normalized spacial score (nSPS) is 13.5. The van der Waals surface area contributed by atoms with E-state index in [4.69, 9.17) is 4.74 Å². The van der Waals surface area contributed by atoms with Crippen LogP contribution in [-0.4, -0.2) is 24.9 Å². The second-order valence-electron chi connectivity index (χ2n) is 4.98. The van der Waals surface area contributed by atoms with Gasteiger partial charge in [0.1, 0.15) is 19.0 Å². The topological polar surface area (TPSA) is 53.9 Å². The predicted octanol–water partition coefficient (Wildman–Crippen LogP) is 2.65. The van der Waals surface area contributed by atoms with Crippen LogP contribution in [0.1, 0.15) is 17.3 Å². The largest absolute Gasteiger partial charge is 0.486 e. The first kappa shape index (κ1) is 14.1. The number of anilines is 1. The summed E-state index contributed by atoms with van der Waals surface area (Å²) in [6.45, 7) is 2.54. The Labute approximate surface area is 129 Å². The quantitative estimate of drug-likeness (QED) is 0.862. The third-order valence-electron chi connectivity index (χ3n) is 3.45. The standard InChI is InChI=1S/C17H17N3O2/c1-13(21)14-7-9-16(10-8-14)22-11-17-19-18-12-20(17)15-5-3-2-4-6-15/h2-10,18H,11-12H2,1H3. The molecule has 0 atom stereocenters. The number of nitrogens with one attached hydrogen (secondary N) is 1. The summed E-state index contributed by atoms with van der Waals surface area (Å²) in [6.07, 6.45) is 0. The Morgan fingerprint density at radius 2 is 1.91 bits per heavy atom. The molecule has 5 heteroatoms. The molecule has 112 valence electrons. The van der Waals surface area contributed by atoms with Crippen LogP contribution in [-0.2, 0) is 0 Å². The molecule has 0 aliphatic carbocycles. The lowest BCUT2D eigenvalue weighted by Crippen LogP contribution is -2.32. The highest BCUT2D eigenvalue weighted by Gasteiger charge is 2.18. The molecule has 0 saturated carbocycles. The molecule has 0 unspecified atom stereocenters. The third-order valence-corrected chi connectivity index (χ3v) is 3.45. The maximum Gasteiger partial charge on any atom is 0.168 e. The van der Waals surface area contributed by atoms with Crippen LogP contribution in [0, 0.1) is 0 Å². The molecule has 1 N–H and O–H groups in total. The lowest BCUT2D eigenvalue weighted by molar-refractivity contribution is 0.101. The summed E-state index contributed by atoms with van der Waals surface area (Å²) in [5.74, 6) is 1.58. The summed E-state index contributed by atoms with van der Waals surface area (Å²) < 4.78 is 5.75. The molecule has 0 bridgehead atoms. The summed E-state index contributed by atoms with van der Waals surface area (Å²) in [7, 11) is 0. The zero-order valence-corrected chi connectivity index (χ0v) is 12.3. The molecule has 3 rings (SSSR count). The molecule has 1 aliphatic rings. The Balaban J connectivity index is 1.64. The van der Waals surface area contributed by atoms with E-state index in [2.05, 4.69) is 15.4 Å². The second-order valence-corrected chi connectivity index (χ2v) is 4.98. The van der Waals surface area contributed by atoms with E-state index in [1.165, 1.54) is 0 Å². The predicted molar refractivity (Wildman–Crippen MR) is 86.3 cm³/mol. The van der Waals surface area contributed by atoms with E-state index < -0.39 is 0 Å². The number of Topliss-reactive ketones (excluding diaryl/α,β-unsaturated/α-hetero) is 1. The minimum Gasteiger partial charge on any atom is -0.486 e. The Kier molecular flexibility index (Phi) is 4.05. The van der Waals surface area contributed by atoms with Crippen LogP contribution in [0.2, 0.25) is 0 Å². The van der Waals surface area contributed by atoms with Crippen molar-refractivity contribution < 1.29 is 9.53 Å². The van der Waals surface area contributed by atoms with Crippen molar-refractivity contribution in [2.75, 3.05) is 18.2 Å². The van der Waals surface area contributed by atoms with Gasteiger partial charge in [-0.05, 0) is 43.3 Å². The minimum atomic E-state index is 0.0474. The van der Waals surface area contributed by atoms with E-state index in [1.807, 2.05) is 30.3 Å². The zero-order valence-electron chi connectivity index (χ0n) is 12.3. The zero-order chi connectivity index (χ0) is 15.4. The first-order valence-electron chi connectivity index (χ1n) is 7.10. The van der Waals surface area contributed by atoms with E-state index in [1.54, 1.807) is 31.2 Å². The molecule has 0 amide bonds. The van der Waals surface area contributed by atoms with Gasteiger partial charge >= 0.3 is 0 Å². The number of hydrogen-bond acceptors (Lipinski definition) is 5. The number of benzene rings is 2. The summed E-state index contributed by atoms with van der Waals surface area (Å²) in [4.78, 5) is 13.3. The Bertz CT molecular complexity index is 681. The number of hydrazone groups is 1. The van der Waals surface area contributed by atoms with Crippen molar-refractivity contribution in [2.45, 2.75) is 6.92 Å². The molecule has 2 aromatic carbocycles. The highest BCUT2D eigenvalue weighted by molar-refractivity contribution is 5.99. The van der Waals surface area contributed by atoms with Crippen LogP contribution >= 0.6 is 0 Å². The van der Waals surface area contributed by atoms with Crippen LogP contribution < -0.4 is 15.1 Å². The van der Waals surface area contributed by atoms with Crippen molar-refractivity contribution in [3.8, 4) is 5.75 Å². The highest BCUT2D eigenvalue weighted by Crippen LogP contribution is 2.17. The van der Waals surface area contributed by atoms with E-state index in [0.717, 1.165) is 11.5 Å². The van der Waals surface area contributed by atoms with E-state index >= 15 is 0 Å². The molecule has 0 fully saturated rings. The number of ether oxygens (including phenoxy) is 1. The number of hydrogen-bond donors (Lipinski definition) is 1. The molecule has 0 spiro atoms. The number of ketones is 1. The van der Waals surface area contributed by atoms with E-state index in [9.17, 15) is 4.79 Å². The van der Waals surface area contributed by atoms with Gasteiger partial charge in [0.25, 0.3) is 0 Å². The monoisotopic (exact) mass is 295 g/mol. The fourth-order valence-electron chi connectivity index (χ4n) is 2.24.